The SMILES string of the molecule is COc1cc(C2CCC3(CNC3)C2)c(OC)cc1C. The van der Waals surface area contributed by atoms with E-state index in [4.69, 9.17) is 9.47 Å². The maximum Gasteiger partial charge on any atom is 0.122 e. The molecule has 1 heterocycles. The monoisotopic (exact) mass is 261 g/mol. The van der Waals surface area contributed by atoms with Crippen LogP contribution in [0.2, 0.25) is 0 Å². The van der Waals surface area contributed by atoms with E-state index >= 15 is 0 Å². The second kappa shape index (κ2) is 4.71. The molecule has 1 N–H and O–H groups in total. The van der Waals surface area contributed by atoms with Crippen molar-refractivity contribution in [2.24, 2.45) is 5.41 Å². The van der Waals surface area contributed by atoms with E-state index in [1.807, 2.05) is 0 Å². The Bertz CT molecular complexity index is 480. The summed E-state index contributed by atoms with van der Waals surface area (Å²) in [6.07, 6.45) is 3.89. The number of hydrogen-bond donors (Lipinski definition) is 1. The number of aryl methyl sites for hydroxylation is 1. The van der Waals surface area contributed by atoms with Crippen LogP contribution in [-0.2, 0) is 0 Å². The molecule has 2 aliphatic rings. The third-order valence-corrected chi connectivity index (χ3v) is 4.89. The molecule has 1 aliphatic heterocycles. The predicted molar refractivity (Wildman–Crippen MR) is 76.2 cm³/mol. The summed E-state index contributed by atoms with van der Waals surface area (Å²) in [6.45, 7) is 4.45. The van der Waals surface area contributed by atoms with Crippen LogP contribution < -0.4 is 14.8 Å². The number of rotatable bonds is 3. The smallest absolute Gasteiger partial charge is 0.122 e. The van der Waals surface area contributed by atoms with Gasteiger partial charge in [0.15, 0.2) is 0 Å². The molecule has 1 aromatic rings. The van der Waals surface area contributed by atoms with Crippen molar-refractivity contribution >= 4 is 0 Å². The van der Waals surface area contributed by atoms with Gasteiger partial charge in [0, 0.05) is 18.7 Å². The zero-order valence-corrected chi connectivity index (χ0v) is 12.1. The number of hydrogen-bond acceptors (Lipinski definition) is 3. The van der Waals surface area contributed by atoms with Crippen LogP contribution in [0.1, 0.15) is 36.3 Å². The first-order chi connectivity index (χ1) is 9.17. The average Bonchev–Trinajstić information content (AvgIpc) is 2.83. The lowest BCUT2D eigenvalue weighted by Crippen LogP contribution is -2.51. The fourth-order valence-electron chi connectivity index (χ4n) is 3.67. The summed E-state index contributed by atoms with van der Waals surface area (Å²) in [4.78, 5) is 0. The molecule has 0 aromatic heterocycles. The minimum absolute atomic E-state index is 0.563. The lowest BCUT2D eigenvalue weighted by molar-refractivity contribution is 0.175. The zero-order chi connectivity index (χ0) is 13.5. The molecule has 3 nitrogen and oxygen atoms in total. The van der Waals surface area contributed by atoms with Crippen LogP contribution in [0.15, 0.2) is 12.1 Å². The molecular formula is C16H23NO2. The Hall–Kier alpha value is -1.22. The second-order valence-corrected chi connectivity index (χ2v) is 6.11. The molecular weight excluding hydrogens is 238 g/mol. The Kier molecular flexibility index (Phi) is 3.17. The van der Waals surface area contributed by atoms with Gasteiger partial charge < -0.3 is 14.8 Å². The van der Waals surface area contributed by atoms with E-state index in [-0.39, 0.29) is 0 Å². The first-order valence-electron chi connectivity index (χ1n) is 7.11. The average molecular weight is 261 g/mol. The molecule has 0 amide bonds. The molecule has 104 valence electrons. The highest BCUT2D eigenvalue weighted by Gasteiger charge is 2.44. The fraction of sp³-hybridized carbons (Fsp3) is 0.625. The van der Waals surface area contributed by atoms with E-state index in [2.05, 4.69) is 24.4 Å². The molecule has 0 bridgehead atoms. The topological polar surface area (TPSA) is 30.5 Å². The van der Waals surface area contributed by atoms with Crippen molar-refractivity contribution in [2.75, 3.05) is 27.3 Å². The standard InChI is InChI=1S/C16H23NO2/c1-11-6-15(19-3)13(7-14(11)18-2)12-4-5-16(8-12)9-17-10-16/h6-7,12,17H,4-5,8-10H2,1-3H3. The third kappa shape index (κ3) is 2.10. The Morgan fingerprint density at radius 3 is 2.42 bits per heavy atom. The predicted octanol–water partition coefficient (Wildman–Crippen LogP) is 2.87. The Morgan fingerprint density at radius 1 is 1.16 bits per heavy atom. The molecule has 0 radical (unpaired) electrons. The van der Waals surface area contributed by atoms with Crippen molar-refractivity contribution in [3.8, 4) is 11.5 Å². The maximum absolute atomic E-state index is 5.59. The number of benzene rings is 1. The van der Waals surface area contributed by atoms with Gasteiger partial charge in [-0.1, -0.05) is 0 Å². The molecule has 2 fully saturated rings. The van der Waals surface area contributed by atoms with E-state index in [1.54, 1.807) is 14.2 Å². The largest absolute Gasteiger partial charge is 0.496 e. The Labute approximate surface area is 115 Å². The molecule has 1 spiro atoms. The molecule has 1 aliphatic carbocycles. The molecule has 3 rings (SSSR count). The van der Waals surface area contributed by atoms with E-state index in [0.29, 0.717) is 11.3 Å². The highest BCUT2D eigenvalue weighted by atomic mass is 16.5. The quantitative estimate of drug-likeness (QED) is 0.907. The molecule has 1 unspecified atom stereocenters. The fourth-order valence-corrected chi connectivity index (χ4v) is 3.67. The number of methoxy groups -OCH3 is 2. The first kappa shape index (κ1) is 12.8. The third-order valence-electron chi connectivity index (χ3n) is 4.89. The molecule has 19 heavy (non-hydrogen) atoms. The Morgan fingerprint density at radius 2 is 1.89 bits per heavy atom. The van der Waals surface area contributed by atoms with Crippen molar-refractivity contribution in [2.45, 2.75) is 32.1 Å². The molecule has 1 aromatic carbocycles. The van der Waals surface area contributed by atoms with Crippen LogP contribution in [-0.4, -0.2) is 27.3 Å². The van der Waals surface area contributed by atoms with Crippen LogP contribution in [0, 0.1) is 12.3 Å². The van der Waals surface area contributed by atoms with Crippen LogP contribution in [0.25, 0.3) is 0 Å². The van der Waals surface area contributed by atoms with Crippen LogP contribution in [0.4, 0.5) is 0 Å². The van der Waals surface area contributed by atoms with Gasteiger partial charge >= 0.3 is 0 Å². The van der Waals surface area contributed by atoms with Crippen molar-refractivity contribution < 1.29 is 9.47 Å². The minimum atomic E-state index is 0.563. The van der Waals surface area contributed by atoms with E-state index in [0.717, 1.165) is 17.1 Å². The van der Waals surface area contributed by atoms with Crippen LogP contribution in [0.5, 0.6) is 11.5 Å². The van der Waals surface area contributed by atoms with Gasteiger partial charge in [0.25, 0.3) is 0 Å². The maximum atomic E-state index is 5.59. The molecule has 1 saturated heterocycles. The van der Waals surface area contributed by atoms with Gasteiger partial charge in [-0.3, -0.25) is 0 Å². The van der Waals surface area contributed by atoms with Gasteiger partial charge in [-0.25, -0.2) is 0 Å². The number of ether oxygens (including phenoxy) is 2. The van der Waals surface area contributed by atoms with Crippen molar-refractivity contribution in [3.63, 3.8) is 0 Å². The summed E-state index contributed by atoms with van der Waals surface area (Å²) in [5.74, 6) is 2.61. The highest BCUT2D eigenvalue weighted by molar-refractivity contribution is 5.48. The van der Waals surface area contributed by atoms with Crippen LogP contribution >= 0.6 is 0 Å². The Balaban J connectivity index is 1.91. The lowest BCUT2D eigenvalue weighted by Gasteiger charge is -2.39. The van der Waals surface area contributed by atoms with Crippen LogP contribution in [0.3, 0.4) is 0 Å². The molecule has 1 atom stereocenters. The second-order valence-electron chi connectivity index (χ2n) is 6.11. The minimum Gasteiger partial charge on any atom is -0.496 e. The number of nitrogens with one attached hydrogen (secondary N) is 1. The summed E-state index contributed by atoms with van der Waals surface area (Å²) in [5, 5.41) is 3.42. The van der Waals surface area contributed by atoms with Crippen molar-refractivity contribution in [1.29, 1.82) is 0 Å². The summed E-state index contributed by atoms with van der Waals surface area (Å²) in [7, 11) is 3.50. The highest BCUT2D eigenvalue weighted by Crippen LogP contribution is 2.51. The summed E-state index contributed by atoms with van der Waals surface area (Å²) in [6, 6.07) is 4.29. The normalized spacial score (nSPS) is 24.3. The van der Waals surface area contributed by atoms with Gasteiger partial charge in [0.1, 0.15) is 11.5 Å². The molecule has 1 saturated carbocycles. The van der Waals surface area contributed by atoms with Crippen molar-refractivity contribution in [1.82, 2.24) is 5.32 Å². The lowest BCUT2D eigenvalue weighted by atomic mass is 9.79. The summed E-state index contributed by atoms with van der Waals surface area (Å²) >= 11 is 0. The summed E-state index contributed by atoms with van der Waals surface area (Å²) in [5.41, 5.74) is 3.03. The van der Waals surface area contributed by atoms with Gasteiger partial charge in [-0.05, 0) is 55.2 Å². The van der Waals surface area contributed by atoms with Gasteiger partial charge in [-0.2, -0.15) is 0 Å². The van der Waals surface area contributed by atoms with Crippen molar-refractivity contribution in [3.05, 3.63) is 23.3 Å². The van der Waals surface area contributed by atoms with Gasteiger partial charge in [-0.15, -0.1) is 0 Å². The van der Waals surface area contributed by atoms with E-state index in [9.17, 15) is 0 Å². The molecule has 3 heteroatoms. The van der Waals surface area contributed by atoms with Gasteiger partial charge in [0.2, 0.25) is 0 Å². The van der Waals surface area contributed by atoms with E-state index < -0.39 is 0 Å². The summed E-state index contributed by atoms with van der Waals surface area (Å²) < 4.78 is 11.1. The van der Waals surface area contributed by atoms with E-state index in [1.165, 1.54) is 37.9 Å². The van der Waals surface area contributed by atoms with Gasteiger partial charge in [0.05, 0.1) is 14.2 Å². The zero-order valence-electron chi connectivity index (χ0n) is 12.1. The first-order valence-corrected chi connectivity index (χ1v) is 7.11.